The fraction of sp³-hybridized carbons (Fsp3) is 0.833. The molecule has 0 bridgehead atoms. The summed E-state index contributed by atoms with van der Waals surface area (Å²) in [6, 6.07) is 0. The van der Waals surface area contributed by atoms with E-state index in [4.69, 9.17) is 15.7 Å². The predicted molar refractivity (Wildman–Crippen MR) is 68.3 cm³/mol. The normalized spacial score (nSPS) is 27.4. The first-order chi connectivity index (χ1) is 8.36. The van der Waals surface area contributed by atoms with Crippen LogP contribution in [0.5, 0.6) is 0 Å². The lowest BCUT2D eigenvalue weighted by Crippen LogP contribution is -2.52. The topological polar surface area (TPSA) is 88.2 Å². The molecule has 104 valence electrons. The molecule has 1 aliphatic heterocycles. The third kappa shape index (κ3) is 3.35. The maximum atomic E-state index is 12.4. The monoisotopic (exact) mass is 257 g/mol. The summed E-state index contributed by atoms with van der Waals surface area (Å²) in [5.41, 5.74) is 5.62. The molecule has 6 heteroatoms. The standard InChI is InChI=1S/C12H23N3O3/c1-7(2)10(11(13)14-17)12(16)15-5-8(3)18-9(4)6-15/h7-10,17H,5-6H2,1-4H3,(H2,13,14)/t8-,9+,10?. The minimum atomic E-state index is -0.576. The van der Waals surface area contributed by atoms with Crippen molar-refractivity contribution >= 4 is 11.7 Å². The van der Waals surface area contributed by atoms with Crippen LogP contribution in [0.15, 0.2) is 5.16 Å². The highest BCUT2D eigenvalue weighted by molar-refractivity contribution is 6.02. The van der Waals surface area contributed by atoms with E-state index >= 15 is 0 Å². The molecule has 1 saturated heterocycles. The van der Waals surface area contributed by atoms with Gasteiger partial charge in [-0.05, 0) is 19.8 Å². The van der Waals surface area contributed by atoms with Crippen molar-refractivity contribution in [3.05, 3.63) is 0 Å². The first-order valence-electron chi connectivity index (χ1n) is 6.28. The lowest BCUT2D eigenvalue weighted by Gasteiger charge is -2.37. The summed E-state index contributed by atoms with van der Waals surface area (Å²) in [6.45, 7) is 8.73. The van der Waals surface area contributed by atoms with E-state index < -0.39 is 5.92 Å². The van der Waals surface area contributed by atoms with Crippen molar-refractivity contribution in [2.45, 2.75) is 39.9 Å². The molecule has 6 nitrogen and oxygen atoms in total. The van der Waals surface area contributed by atoms with Gasteiger partial charge in [0.25, 0.3) is 0 Å². The third-order valence-electron chi connectivity index (χ3n) is 3.10. The summed E-state index contributed by atoms with van der Waals surface area (Å²) in [7, 11) is 0. The Morgan fingerprint density at radius 1 is 1.39 bits per heavy atom. The average Bonchev–Trinajstić information content (AvgIpc) is 2.26. The molecule has 1 aliphatic rings. The smallest absolute Gasteiger partial charge is 0.233 e. The van der Waals surface area contributed by atoms with Gasteiger partial charge in [-0.15, -0.1) is 0 Å². The summed E-state index contributed by atoms with van der Waals surface area (Å²) < 4.78 is 5.59. The highest BCUT2D eigenvalue weighted by atomic mass is 16.5. The van der Waals surface area contributed by atoms with Gasteiger partial charge in [0.1, 0.15) is 5.92 Å². The second-order valence-electron chi connectivity index (χ2n) is 5.25. The molecule has 0 radical (unpaired) electrons. The van der Waals surface area contributed by atoms with Gasteiger partial charge in [0, 0.05) is 13.1 Å². The summed E-state index contributed by atoms with van der Waals surface area (Å²) in [4.78, 5) is 14.2. The Bertz CT molecular complexity index is 321. The number of amidine groups is 1. The molecule has 1 rings (SSSR count). The van der Waals surface area contributed by atoms with Crippen LogP contribution in [0.1, 0.15) is 27.7 Å². The van der Waals surface area contributed by atoms with Crippen LogP contribution in [0.4, 0.5) is 0 Å². The molecule has 1 unspecified atom stereocenters. The molecule has 0 aromatic carbocycles. The Morgan fingerprint density at radius 2 is 1.89 bits per heavy atom. The second-order valence-corrected chi connectivity index (χ2v) is 5.25. The van der Waals surface area contributed by atoms with Crippen LogP contribution in [0.3, 0.4) is 0 Å². The van der Waals surface area contributed by atoms with Crippen molar-refractivity contribution in [2.24, 2.45) is 22.7 Å². The van der Waals surface area contributed by atoms with Gasteiger partial charge in [-0.1, -0.05) is 19.0 Å². The second kappa shape index (κ2) is 6.04. The maximum Gasteiger partial charge on any atom is 0.233 e. The van der Waals surface area contributed by atoms with E-state index in [0.29, 0.717) is 13.1 Å². The first-order valence-corrected chi connectivity index (χ1v) is 6.28. The Labute approximate surface area is 108 Å². The molecule has 0 saturated carbocycles. The number of nitrogens with zero attached hydrogens (tertiary/aromatic N) is 2. The van der Waals surface area contributed by atoms with Crippen LogP contribution in [0, 0.1) is 11.8 Å². The van der Waals surface area contributed by atoms with E-state index in [0.717, 1.165) is 0 Å². The molecule has 3 N–H and O–H groups in total. The molecule has 1 amide bonds. The van der Waals surface area contributed by atoms with Gasteiger partial charge in [0.15, 0.2) is 5.84 Å². The number of amides is 1. The molecule has 1 fully saturated rings. The van der Waals surface area contributed by atoms with Crippen molar-refractivity contribution in [3.8, 4) is 0 Å². The molecular formula is C12H23N3O3. The minimum absolute atomic E-state index is 0.0119. The molecule has 1 heterocycles. The van der Waals surface area contributed by atoms with Gasteiger partial charge in [0.05, 0.1) is 12.2 Å². The number of hydrogen-bond donors (Lipinski definition) is 2. The SMILES string of the molecule is CC(C)C(C(=O)N1C[C@@H](C)O[C@@H](C)C1)C(N)=NO. The van der Waals surface area contributed by atoms with Crippen LogP contribution >= 0.6 is 0 Å². The van der Waals surface area contributed by atoms with E-state index in [1.54, 1.807) is 4.90 Å². The molecule has 0 aromatic heterocycles. The zero-order valence-electron chi connectivity index (χ0n) is 11.5. The fourth-order valence-electron chi connectivity index (χ4n) is 2.37. The van der Waals surface area contributed by atoms with Crippen LogP contribution in [0.2, 0.25) is 0 Å². The lowest BCUT2D eigenvalue weighted by atomic mass is 9.92. The number of rotatable bonds is 3. The first kappa shape index (κ1) is 14.8. The predicted octanol–water partition coefficient (Wildman–Crippen LogP) is 0.641. The van der Waals surface area contributed by atoms with E-state index in [9.17, 15) is 4.79 Å². The van der Waals surface area contributed by atoms with Crippen molar-refractivity contribution in [2.75, 3.05) is 13.1 Å². The molecule has 0 spiro atoms. The number of ether oxygens (including phenoxy) is 1. The van der Waals surface area contributed by atoms with E-state index in [1.165, 1.54) is 0 Å². The van der Waals surface area contributed by atoms with Gasteiger partial charge in [-0.2, -0.15) is 0 Å². The van der Waals surface area contributed by atoms with E-state index in [2.05, 4.69) is 5.16 Å². The number of oxime groups is 1. The molecular weight excluding hydrogens is 234 g/mol. The Balaban J connectivity index is 2.83. The number of hydrogen-bond acceptors (Lipinski definition) is 4. The summed E-state index contributed by atoms with van der Waals surface area (Å²) >= 11 is 0. The van der Waals surface area contributed by atoms with E-state index in [-0.39, 0.29) is 29.9 Å². The zero-order chi connectivity index (χ0) is 13.9. The van der Waals surface area contributed by atoms with Crippen molar-refractivity contribution in [1.29, 1.82) is 0 Å². The number of morpholine rings is 1. The fourth-order valence-corrected chi connectivity index (χ4v) is 2.37. The number of carbonyl (C=O) groups is 1. The average molecular weight is 257 g/mol. The summed E-state index contributed by atoms with van der Waals surface area (Å²) in [6.07, 6.45) is 0.0237. The maximum absolute atomic E-state index is 12.4. The van der Waals surface area contributed by atoms with Crippen molar-refractivity contribution < 1.29 is 14.7 Å². The molecule has 3 atom stereocenters. The number of nitrogens with two attached hydrogens (primary N) is 1. The van der Waals surface area contributed by atoms with Gasteiger partial charge >= 0.3 is 0 Å². The van der Waals surface area contributed by atoms with Gasteiger partial charge in [0.2, 0.25) is 5.91 Å². The summed E-state index contributed by atoms with van der Waals surface area (Å²) in [5.74, 6) is -0.710. The molecule has 0 aliphatic carbocycles. The zero-order valence-corrected chi connectivity index (χ0v) is 11.5. The Kier molecular flexibility index (Phi) is 4.95. The van der Waals surface area contributed by atoms with Crippen molar-refractivity contribution in [3.63, 3.8) is 0 Å². The van der Waals surface area contributed by atoms with E-state index in [1.807, 2.05) is 27.7 Å². The van der Waals surface area contributed by atoms with Crippen LogP contribution < -0.4 is 5.73 Å². The van der Waals surface area contributed by atoms with Gasteiger partial charge in [-0.25, -0.2) is 0 Å². The number of carbonyl (C=O) groups excluding carboxylic acids is 1. The third-order valence-corrected chi connectivity index (χ3v) is 3.10. The Morgan fingerprint density at radius 3 is 2.28 bits per heavy atom. The largest absolute Gasteiger partial charge is 0.409 e. The van der Waals surface area contributed by atoms with Crippen LogP contribution in [-0.4, -0.2) is 47.1 Å². The van der Waals surface area contributed by atoms with Gasteiger partial charge in [-0.3, -0.25) is 4.79 Å². The van der Waals surface area contributed by atoms with Crippen molar-refractivity contribution in [1.82, 2.24) is 4.90 Å². The lowest BCUT2D eigenvalue weighted by molar-refractivity contribution is -0.146. The molecule has 18 heavy (non-hydrogen) atoms. The quantitative estimate of drug-likeness (QED) is 0.336. The Hall–Kier alpha value is -1.30. The summed E-state index contributed by atoms with van der Waals surface area (Å²) in [5, 5.41) is 11.8. The minimum Gasteiger partial charge on any atom is -0.409 e. The molecule has 0 aromatic rings. The highest BCUT2D eigenvalue weighted by Crippen LogP contribution is 2.19. The highest BCUT2D eigenvalue weighted by Gasteiger charge is 2.34. The van der Waals surface area contributed by atoms with Crippen LogP contribution in [-0.2, 0) is 9.53 Å². The van der Waals surface area contributed by atoms with Gasteiger partial charge < -0.3 is 20.6 Å². The van der Waals surface area contributed by atoms with Crippen LogP contribution in [0.25, 0.3) is 0 Å².